The number of methoxy groups -OCH3 is 1. The first-order chi connectivity index (χ1) is 16.6. The highest BCUT2D eigenvalue weighted by Crippen LogP contribution is 2.26. The lowest BCUT2D eigenvalue weighted by atomic mass is 10.1. The summed E-state index contributed by atoms with van der Waals surface area (Å²) >= 11 is 0. The van der Waals surface area contributed by atoms with Crippen molar-refractivity contribution in [1.82, 2.24) is 30.0 Å². The van der Waals surface area contributed by atoms with E-state index in [1.54, 1.807) is 16.7 Å². The molecule has 1 atom stereocenters. The quantitative estimate of drug-likeness (QED) is 0.547. The fraction of sp³-hybridized carbons (Fsp3) is 0.375. The van der Waals surface area contributed by atoms with Crippen molar-refractivity contribution >= 4 is 17.5 Å². The van der Waals surface area contributed by atoms with Crippen LogP contribution in [-0.2, 0) is 16.1 Å². The average Bonchev–Trinajstić information content (AvgIpc) is 3.51. The Morgan fingerprint density at radius 1 is 1.00 bits per heavy atom. The van der Waals surface area contributed by atoms with Gasteiger partial charge in [0.05, 0.1) is 25.3 Å². The Labute approximate surface area is 197 Å². The SMILES string of the molecule is COc1ccc(-n2nnnc2CN2CCN(C(=O)C3CC(=O)N(c4ccccc4)C3)CC2)cc1. The van der Waals surface area contributed by atoms with Crippen molar-refractivity contribution in [2.75, 3.05) is 44.7 Å². The van der Waals surface area contributed by atoms with Gasteiger partial charge in [0.15, 0.2) is 5.82 Å². The Bertz CT molecular complexity index is 1140. The van der Waals surface area contributed by atoms with Gasteiger partial charge in [-0.1, -0.05) is 18.2 Å². The summed E-state index contributed by atoms with van der Waals surface area (Å²) in [7, 11) is 1.63. The number of carbonyl (C=O) groups excluding carboxylic acids is 2. The predicted octanol–water partition coefficient (Wildman–Crippen LogP) is 1.37. The first-order valence-electron chi connectivity index (χ1n) is 11.4. The molecule has 2 aliphatic heterocycles. The number of hydrogen-bond donors (Lipinski definition) is 0. The maximum absolute atomic E-state index is 13.1. The van der Waals surface area contributed by atoms with Crippen LogP contribution in [0.25, 0.3) is 5.69 Å². The molecule has 1 aromatic heterocycles. The van der Waals surface area contributed by atoms with Crippen molar-refractivity contribution in [1.29, 1.82) is 0 Å². The minimum atomic E-state index is -0.290. The van der Waals surface area contributed by atoms with Crippen LogP contribution in [0.2, 0.25) is 0 Å². The lowest BCUT2D eigenvalue weighted by molar-refractivity contribution is -0.137. The highest BCUT2D eigenvalue weighted by Gasteiger charge is 2.38. The van der Waals surface area contributed by atoms with Crippen LogP contribution in [0.1, 0.15) is 12.2 Å². The minimum Gasteiger partial charge on any atom is -0.497 e. The highest BCUT2D eigenvalue weighted by atomic mass is 16.5. The van der Waals surface area contributed by atoms with Gasteiger partial charge in [-0.05, 0) is 46.8 Å². The summed E-state index contributed by atoms with van der Waals surface area (Å²) in [5.74, 6) is 1.30. The molecule has 0 bridgehead atoms. The molecular formula is C24H27N7O3. The molecule has 176 valence electrons. The lowest BCUT2D eigenvalue weighted by Crippen LogP contribution is -2.50. The zero-order valence-electron chi connectivity index (χ0n) is 19.1. The fourth-order valence-electron chi connectivity index (χ4n) is 4.54. The van der Waals surface area contributed by atoms with Gasteiger partial charge in [-0.2, -0.15) is 4.68 Å². The smallest absolute Gasteiger partial charge is 0.228 e. The maximum atomic E-state index is 13.1. The van der Waals surface area contributed by atoms with Crippen molar-refractivity contribution in [3.63, 3.8) is 0 Å². The van der Waals surface area contributed by atoms with E-state index in [1.165, 1.54) is 0 Å². The molecule has 34 heavy (non-hydrogen) atoms. The fourth-order valence-corrected chi connectivity index (χ4v) is 4.54. The van der Waals surface area contributed by atoms with Gasteiger partial charge < -0.3 is 14.5 Å². The number of para-hydroxylation sites is 1. The Morgan fingerprint density at radius 2 is 1.74 bits per heavy atom. The van der Waals surface area contributed by atoms with Gasteiger partial charge in [-0.15, -0.1) is 5.10 Å². The van der Waals surface area contributed by atoms with E-state index in [0.29, 0.717) is 26.2 Å². The number of aromatic nitrogens is 4. The third-order valence-electron chi connectivity index (χ3n) is 6.44. The van der Waals surface area contributed by atoms with Crippen molar-refractivity contribution in [2.24, 2.45) is 5.92 Å². The monoisotopic (exact) mass is 461 g/mol. The molecule has 3 aromatic rings. The first kappa shape index (κ1) is 22.0. The van der Waals surface area contributed by atoms with Crippen LogP contribution in [0, 0.1) is 5.92 Å². The number of rotatable bonds is 6. The summed E-state index contributed by atoms with van der Waals surface area (Å²) in [6.07, 6.45) is 0.268. The number of anilines is 1. The summed E-state index contributed by atoms with van der Waals surface area (Å²) < 4.78 is 6.94. The van der Waals surface area contributed by atoms with Crippen molar-refractivity contribution < 1.29 is 14.3 Å². The Kier molecular flexibility index (Phi) is 6.22. The normalized spacial score (nSPS) is 19.0. The number of benzene rings is 2. The summed E-state index contributed by atoms with van der Waals surface area (Å²) in [6.45, 7) is 3.73. The Balaban J connectivity index is 1.16. The van der Waals surface area contributed by atoms with Crippen molar-refractivity contribution in [2.45, 2.75) is 13.0 Å². The summed E-state index contributed by atoms with van der Waals surface area (Å²) in [6, 6.07) is 17.1. The van der Waals surface area contributed by atoms with Crippen LogP contribution in [0.5, 0.6) is 5.75 Å². The molecule has 0 saturated carbocycles. The van der Waals surface area contributed by atoms with E-state index in [4.69, 9.17) is 4.74 Å². The van der Waals surface area contributed by atoms with Gasteiger partial charge >= 0.3 is 0 Å². The first-order valence-corrected chi connectivity index (χ1v) is 11.4. The van der Waals surface area contributed by atoms with Gasteiger partial charge in [0, 0.05) is 44.8 Å². The zero-order chi connectivity index (χ0) is 23.5. The predicted molar refractivity (Wildman–Crippen MR) is 124 cm³/mol. The zero-order valence-corrected chi connectivity index (χ0v) is 19.1. The van der Waals surface area contributed by atoms with Gasteiger partial charge in [0.2, 0.25) is 11.8 Å². The molecule has 0 radical (unpaired) electrons. The standard InChI is InChI=1S/C24H27N7O3/c1-34-21-9-7-20(8-10-21)31-22(25-26-27-31)17-28-11-13-29(14-12-28)24(33)18-15-23(32)30(16-18)19-5-3-2-4-6-19/h2-10,18H,11-17H2,1H3. The second-order valence-corrected chi connectivity index (χ2v) is 8.55. The molecule has 3 heterocycles. The Hall–Kier alpha value is -3.79. The average molecular weight is 462 g/mol. The van der Waals surface area contributed by atoms with E-state index < -0.39 is 0 Å². The summed E-state index contributed by atoms with van der Waals surface area (Å²) in [5.41, 5.74) is 1.71. The topological polar surface area (TPSA) is 96.7 Å². The summed E-state index contributed by atoms with van der Waals surface area (Å²) in [4.78, 5) is 31.5. The van der Waals surface area contributed by atoms with Crippen LogP contribution in [0.4, 0.5) is 5.69 Å². The number of ether oxygens (including phenoxy) is 1. The molecule has 2 aromatic carbocycles. The third-order valence-corrected chi connectivity index (χ3v) is 6.44. The van der Waals surface area contributed by atoms with Crippen LogP contribution >= 0.6 is 0 Å². The van der Waals surface area contributed by atoms with Gasteiger partial charge in [-0.25, -0.2) is 0 Å². The molecule has 2 amide bonds. The van der Waals surface area contributed by atoms with Crippen LogP contribution in [-0.4, -0.2) is 81.7 Å². The number of carbonyl (C=O) groups is 2. The number of tetrazole rings is 1. The third kappa shape index (κ3) is 4.49. The van der Waals surface area contributed by atoms with Crippen LogP contribution in [0.3, 0.4) is 0 Å². The second kappa shape index (κ2) is 9.60. The molecule has 2 aliphatic rings. The highest BCUT2D eigenvalue weighted by molar-refractivity contribution is 6.00. The van der Waals surface area contributed by atoms with Gasteiger partial charge in [-0.3, -0.25) is 14.5 Å². The minimum absolute atomic E-state index is 0.00792. The van der Waals surface area contributed by atoms with Crippen molar-refractivity contribution in [3.8, 4) is 11.4 Å². The van der Waals surface area contributed by atoms with E-state index in [1.807, 2.05) is 59.5 Å². The molecule has 10 nitrogen and oxygen atoms in total. The summed E-state index contributed by atoms with van der Waals surface area (Å²) in [5, 5.41) is 12.2. The Morgan fingerprint density at radius 3 is 2.44 bits per heavy atom. The molecule has 10 heteroatoms. The molecule has 2 saturated heterocycles. The molecule has 2 fully saturated rings. The number of amides is 2. The van der Waals surface area contributed by atoms with Crippen molar-refractivity contribution in [3.05, 3.63) is 60.4 Å². The molecule has 1 unspecified atom stereocenters. The van der Waals surface area contributed by atoms with E-state index >= 15 is 0 Å². The van der Waals surface area contributed by atoms with E-state index in [2.05, 4.69) is 20.4 Å². The lowest BCUT2D eigenvalue weighted by Gasteiger charge is -2.35. The second-order valence-electron chi connectivity index (χ2n) is 8.55. The number of hydrogen-bond acceptors (Lipinski definition) is 7. The van der Waals surface area contributed by atoms with E-state index in [9.17, 15) is 9.59 Å². The number of nitrogens with zero attached hydrogens (tertiary/aromatic N) is 7. The van der Waals surface area contributed by atoms with Gasteiger partial charge in [0.25, 0.3) is 0 Å². The maximum Gasteiger partial charge on any atom is 0.228 e. The van der Waals surface area contributed by atoms with E-state index in [-0.39, 0.29) is 24.2 Å². The molecule has 5 rings (SSSR count). The van der Waals surface area contributed by atoms with E-state index in [0.717, 1.165) is 36.0 Å². The van der Waals surface area contributed by atoms with Gasteiger partial charge in [0.1, 0.15) is 5.75 Å². The number of piperazine rings is 1. The molecular weight excluding hydrogens is 434 g/mol. The largest absolute Gasteiger partial charge is 0.497 e. The molecule has 0 aliphatic carbocycles. The van der Waals surface area contributed by atoms with Crippen LogP contribution < -0.4 is 9.64 Å². The molecule has 0 N–H and O–H groups in total. The van der Waals surface area contributed by atoms with Crippen LogP contribution in [0.15, 0.2) is 54.6 Å². The molecule has 0 spiro atoms.